The number of hydrogen-bond acceptors (Lipinski definition) is 5. The maximum Gasteiger partial charge on any atom is 0.249 e. The topological polar surface area (TPSA) is 66.3 Å². The number of benzene rings is 1. The maximum absolute atomic E-state index is 13.1. The van der Waals surface area contributed by atoms with Gasteiger partial charge in [-0.1, -0.05) is 12.1 Å². The van der Waals surface area contributed by atoms with Gasteiger partial charge in [0.15, 0.2) is 0 Å². The van der Waals surface area contributed by atoms with E-state index in [1.54, 1.807) is 17.0 Å². The molecular weight excluding hydrogens is 427 g/mol. The van der Waals surface area contributed by atoms with Crippen LogP contribution < -0.4 is 15.1 Å². The first-order valence-corrected chi connectivity index (χ1v) is 10.5. The number of pyridine rings is 1. The molecule has 1 N–H and O–H groups in total. The number of nitrogens with one attached hydrogen (secondary N) is 1. The molecule has 1 amide bonds. The molecule has 1 aromatic carbocycles. The highest BCUT2D eigenvalue weighted by Gasteiger charge is 2.40. The normalized spacial score (nSPS) is 17.1. The van der Waals surface area contributed by atoms with E-state index in [0.717, 1.165) is 53.4 Å². The molecule has 2 aromatic heterocycles. The Morgan fingerprint density at radius 1 is 1.22 bits per heavy atom. The van der Waals surface area contributed by atoms with Crippen molar-refractivity contribution in [1.29, 1.82) is 0 Å². The van der Waals surface area contributed by atoms with Crippen molar-refractivity contribution >= 4 is 36.6 Å². The van der Waals surface area contributed by atoms with Gasteiger partial charge in [-0.05, 0) is 37.5 Å². The maximum atomic E-state index is 13.1. The summed E-state index contributed by atoms with van der Waals surface area (Å²) in [5.74, 6) is 0.706. The molecule has 1 saturated heterocycles. The molecule has 32 heavy (non-hydrogen) atoms. The number of halogens is 1. The fourth-order valence-electron chi connectivity index (χ4n) is 4.57. The second-order valence-corrected chi connectivity index (χ2v) is 8.24. The van der Waals surface area contributed by atoms with E-state index in [2.05, 4.69) is 20.3 Å². The molecule has 168 valence electrons. The summed E-state index contributed by atoms with van der Waals surface area (Å²) in [6.45, 7) is 4.03. The number of likely N-dealkylation sites (N-methyl/N-ethyl adjacent to an activating group) is 1. The number of carbonyl (C=O) groups is 1. The summed E-state index contributed by atoms with van der Waals surface area (Å²) < 4.78 is 14.9. The molecule has 0 saturated carbocycles. The first kappa shape index (κ1) is 22.1. The Kier molecular flexibility index (Phi) is 6.10. The van der Waals surface area contributed by atoms with Gasteiger partial charge in [0.2, 0.25) is 5.91 Å². The van der Waals surface area contributed by atoms with Crippen molar-refractivity contribution in [2.24, 2.45) is 0 Å². The first-order valence-electron chi connectivity index (χ1n) is 10.5. The minimum Gasteiger partial charge on any atom is -0.366 e. The molecule has 2 aliphatic heterocycles. The predicted molar refractivity (Wildman–Crippen MR) is 128 cm³/mol. The number of hydrogen-bond donors (Lipinski definition) is 1. The molecular formula is C23H27FN6OS. The van der Waals surface area contributed by atoms with Crippen LogP contribution in [0.2, 0.25) is 0 Å². The van der Waals surface area contributed by atoms with E-state index >= 15 is 0 Å². The summed E-state index contributed by atoms with van der Waals surface area (Å²) in [6.07, 6.45) is 5.73. The minimum absolute atomic E-state index is 0. The van der Waals surface area contributed by atoms with Crippen molar-refractivity contribution in [3.63, 3.8) is 0 Å². The zero-order chi connectivity index (χ0) is 21.5. The van der Waals surface area contributed by atoms with Gasteiger partial charge < -0.3 is 15.1 Å². The Morgan fingerprint density at radius 2 is 2.00 bits per heavy atom. The summed E-state index contributed by atoms with van der Waals surface area (Å²) >= 11 is 0. The largest absolute Gasteiger partial charge is 0.366 e. The molecule has 4 heterocycles. The molecule has 3 aromatic rings. The molecule has 5 rings (SSSR count). The molecule has 7 nitrogen and oxygen atoms in total. The van der Waals surface area contributed by atoms with Crippen LogP contribution in [0.15, 0.2) is 42.7 Å². The Labute approximate surface area is 193 Å². The highest BCUT2D eigenvalue weighted by atomic mass is 32.1. The highest BCUT2D eigenvalue weighted by Crippen LogP contribution is 2.42. The fraction of sp³-hybridized carbons (Fsp3) is 0.348. The number of nitrogens with zero attached hydrogens (tertiary/aromatic N) is 5. The average molecular weight is 455 g/mol. The molecule has 0 radical (unpaired) electrons. The zero-order valence-electron chi connectivity index (χ0n) is 18.2. The Bertz CT molecular complexity index is 1130. The van der Waals surface area contributed by atoms with E-state index in [-0.39, 0.29) is 31.3 Å². The van der Waals surface area contributed by atoms with Gasteiger partial charge >= 0.3 is 0 Å². The minimum atomic E-state index is -0.238. The second-order valence-electron chi connectivity index (χ2n) is 8.24. The summed E-state index contributed by atoms with van der Waals surface area (Å²) in [4.78, 5) is 21.3. The van der Waals surface area contributed by atoms with E-state index in [9.17, 15) is 9.18 Å². The lowest BCUT2D eigenvalue weighted by molar-refractivity contribution is -0.119. The summed E-state index contributed by atoms with van der Waals surface area (Å²) in [6, 6.07) is 8.44. The van der Waals surface area contributed by atoms with Crippen LogP contribution in [0.3, 0.4) is 0 Å². The standard InChI is InChI=1S/C23H25FN6O.H2S/c1-15-22-20(30-9-3-4-19(30)23(31)28(22)2)10-21(27-15)25-11-17-12-26-29(14-17)13-16-5-7-18(24)8-6-16;/h5-8,10,12,14,19H,3-4,9,11,13H2,1-2H3,(H,25,27);1H2/t19-;/m0./s1. The molecule has 2 aliphatic rings. The second kappa shape index (κ2) is 8.82. The molecule has 9 heteroatoms. The molecule has 0 unspecified atom stereocenters. The van der Waals surface area contributed by atoms with Gasteiger partial charge in [-0.3, -0.25) is 9.48 Å². The third-order valence-electron chi connectivity index (χ3n) is 6.08. The monoisotopic (exact) mass is 454 g/mol. The van der Waals surface area contributed by atoms with E-state index in [1.165, 1.54) is 12.1 Å². The van der Waals surface area contributed by atoms with Crippen molar-refractivity contribution in [3.05, 3.63) is 65.4 Å². The number of aromatic nitrogens is 3. The molecule has 0 aliphatic carbocycles. The number of carbonyl (C=O) groups excluding carboxylic acids is 1. The van der Waals surface area contributed by atoms with Crippen LogP contribution >= 0.6 is 13.5 Å². The van der Waals surface area contributed by atoms with Crippen molar-refractivity contribution in [3.8, 4) is 0 Å². The van der Waals surface area contributed by atoms with Crippen LogP contribution in [0.5, 0.6) is 0 Å². The smallest absolute Gasteiger partial charge is 0.249 e. The average Bonchev–Trinajstić information content (AvgIpc) is 3.42. The van der Waals surface area contributed by atoms with Gasteiger partial charge in [0, 0.05) is 38.0 Å². The third kappa shape index (κ3) is 4.04. The van der Waals surface area contributed by atoms with E-state index < -0.39 is 0 Å². The Morgan fingerprint density at radius 3 is 2.78 bits per heavy atom. The molecule has 1 atom stereocenters. The molecule has 0 spiro atoms. The van der Waals surface area contributed by atoms with Crippen molar-refractivity contribution < 1.29 is 9.18 Å². The van der Waals surface area contributed by atoms with Crippen molar-refractivity contribution in [2.75, 3.05) is 28.7 Å². The highest BCUT2D eigenvalue weighted by molar-refractivity contribution is 7.59. The van der Waals surface area contributed by atoms with Crippen LogP contribution in [0.1, 0.15) is 29.7 Å². The van der Waals surface area contributed by atoms with Gasteiger partial charge in [0.05, 0.1) is 29.8 Å². The van der Waals surface area contributed by atoms with Crippen molar-refractivity contribution in [2.45, 2.75) is 38.9 Å². The van der Waals surface area contributed by atoms with E-state index in [0.29, 0.717) is 13.1 Å². The van der Waals surface area contributed by atoms with Crippen LogP contribution in [-0.4, -0.2) is 40.3 Å². The van der Waals surface area contributed by atoms with Gasteiger partial charge in [-0.2, -0.15) is 18.6 Å². The van der Waals surface area contributed by atoms with Crippen LogP contribution in [0, 0.1) is 12.7 Å². The van der Waals surface area contributed by atoms with Crippen LogP contribution in [0.25, 0.3) is 0 Å². The molecule has 1 fully saturated rings. The van der Waals surface area contributed by atoms with E-state index in [1.807, 2.05) is 37.1 Å². The lowest BCUT2D eigenvalue weighted by Crippen LogP contribution is -2.49. The summed E-state index contributed by atoms with van der Waals surface area (Å²) in [5, 5.41) is 7.80. The zero-order valence-corrected chi connectivity index (χ0v) is 19.2. The Balaban J connectivity index is 0.00000245. The number of aryl methyl sites for hydroxylation is 1. The lowest BCUT2D eigenvalue weighted by atomic mass is 10.1. The van der Waals surface area contributed by atoms with Crippen molar-refractivity contribution in [1.82, 2.24) is 14.8 Å². The van der Waals surface area contributed by atoms with Crippen LogP contribution in [-0.2, 0) is 17.9 Å². The van der Waals surface area contributed by atoms with Gasteiger partial charge in [0.1, 0.15) is 17.7 Å². The van der Waals surface area contributed by atoms with Crippen LogP contribution in [0.4, 0.5) is 21.6 Å². The SMILES string of the molecule is Cc1nc(NCc2cnn(Cc3ccc(F)cc3)c2)cc2c1N(C)C(=O)[C@@H]1CCCN21.S. The van der Waals surface area contributed by atoms with Gasteiger partial charge in [-0.15, -0.1) is 0 Å². The predicted octanol–water partition coefficient (Wildman–Crippen LogP) is 3.44. The first-order chi connectivity index (χ1) is 15.0. The summed E-state index contributed by atoms with van der Waals surface area (Å²) in [5.41, 5.74) is 4.85. The lowest BCUT2D eigenvalue weighted by Gasteiger charge is -2.38. The quantitative estimate of drug-likeness (QED) is 0.640. The Hall–Kier alpha value is -3.07. The number of amides is 1. The number of rotatable bonds is 5. The summed E-state index contributed by atoms with van der Waals surface area (Å²) in [7, 11) is 1.84. The fourth-order valence-corrected chi connectivity index (χ4v) is 4.57. The number of anilines is 3. The number of fused-ring (bicyclic) bond motifs is 3. The van der Waals surface area contributed by atoms with Gasteiger partial charge in [-0.25, -0.2) is 9.37 Å². The van der Waals surface area contributed by atoms with E-state index in [4.69, 9.17) is 0 Å². The third-order valence-corrected chi connectivity index (χ3v) is 6.08. The van der Waals surface area contributed by atoms with Gasteiger partial charge in [0.25, 0.3) is 0 Å². The molecule has 0 bridgehead atoms.